The summed E-state index contributed by atoms with van der Waals surface area (Å²) < 4.78 is 0.741. The molecule has 0 aliphatic heterocycles. The summed E-state index contributed by atoms with van der Waals surface area (Å²) in [5, 5.41) is 0.976. The van der Waals surface area contributed by atoms with Crippen molar-refractivity contribution in [1.82, 2.24) is 9.88 Å². The number of thiophene rings is 1. The zero-order chi connectivity index (χ0) is 15.5. The molecule has 0 spiro atoms. The highest BCUT2D eigenvalue weighted by molar-refractivity contribution is 7.16. The van der Waals surface area contributed by atoms with Gasteiger partial charge in [-0.3, -0.25) is 9.78 Å². The molecule has 22 heavy (non-hydrogen) atoms. The maximum Gasteiger partial charge on any atom is 0.256 e. The molecule has 0 radical (unpaired) electrons. The number of benzene rings is 1. The molecule has 0 bridgehead atoms. The van der Waals surface area contributed by atoms with Gasteiger partial charge in [0.2, 0.25) is 0 Å². The predicted molar refractivity (Wildman–Crippen MR) is 91.5 cm³/mol. The van der Waals surface area contributed by atoms with Gasteiger partial charge in [-0.2, -0.15) is 0 Å². The molecule has 5 heteroatoms. The van der Waals surface area contributed by atoms with Gasteiger partial charge in [0.15, 0.2) is 0 Å². The van der Waals surface area contributed by atoms with Gasteiger partial charge in [0, 0.05) is 23.0 Å². The molecule has 2 heterocycles. The van der Waals surface area contributed by atoms with E-state index in [0.29, 0.717) is 18.7 Å². The number of carbonyl (C=O) groups is 1. The average Bonchev–Trinajstić information content (AvgIpc) is 2.96. The van der Waals surface area contributed by atoms with Crippen LogP contribution in [0.25, 0.3) is 10.9 Å². The van der Waals surface area contributed by atoms with Crippen molar-refractivity contribution in [3.63, 3.8) is 0 Å². The van der Waals surface area contributed by atoms with Crippen molar-refractivity contribution in [3.8, 4) is 0 Å². The number of aromatic nitrogens is 1. The molecule has 2 aromatic heterocycles. The Balaban J connectivity index is 1.93. The molecule has 0 saturated heterocycles. The average molecular weight is 331 g/mol. The molecule has 0 atom stereocenters. The van der Waals surface area contributed by atoms with E-state index in [1.165, 1.54) is 11.3 Å². The molecule has 1 amide bonds. The summed E-state index contributed by atoms with van der Waals surface area (Å²) in [5.41, 5.74) is 1.39. The van der Waals surface area contributed by atoms with Crippen LogP contribution in [0.2, 0.25) is 4.34 Å². The summed E-state index contributed by atoms with van der Waals surface area (Å²) in [5.74, 6) is -0.00341. The third kappa shape index (κ3) is 2.98. The minimum Gasteiger partial charge on any atom is -0.334 e. The monoisotopic (exact) mass is 330 g/mol. The Morgan fingerprint density at radius 3 is 2.77 bits per heavy atom. The number of carbonyl (C=O) groups excluding carboxylic acids is 1. The van der Waals surface area contributed by atoms with Crippen LogP contribution >= 0.6 is 22.9 Å². The molecule has 1 aromatic carbocycles. The highest BCUT2D eigenvalue weighted by Crippen LogP contribution is 2.24. The van der Waals surface area contributed by atoms with Crippen LogP contribution in [-0.4, -0.2) is 22.3 Å². The Morgan fingerprint density at radius 2 is 2.05 bits per heavy atom. The molecule has 0 unspecified atom stereocenters. The van der Waals surface area contributed by atoms with Gasteiger partial charge in [-0.05, 0) is 31.2 Å². The molecule has 0 N–H and O–H groups in total. The normalized spacial score (nSPS) is 10.8. The number of hydrogen-bond donors (Lipinski definition) is 0. The van der Waals surface area contributed by atoms with Gasteiger partial charge in [0.1, 0.15) is 0 Å². The fourth-order valence-electron chi connectivity index (χ4n) is 2.40. The topological polar surface area (TPSA) is 33.2 Å². The molecule has 3 aromatic rings. The van der Waals surface area contributed by atoms with E-state index in [0.717, 1.165) is 20.1 Å². The van der Waals surface area contributed by atoms with Crippen molar-refractivity contribution in [2.24, 2.45) is 0 Å². The number of amides is 1. The van der Waals surface area contributed by atoms with Crippen molar-refractivity contribution >= 4 is 39.7 Å². The summed E-state index contributed by atoms with van der Waals surface area (Å²) in [6.07, 6.45) is 1.72. The maximum absolute atomic E-state index is 12.9. The zero-order valence-electron chi connectivity index (χ0n) is 12.1. The molecule has 0 aliphatic carbocycles. The van der Waals surface area contributed by atoms with Crippen LogP contribution in [0, 0.1) is 0 Å². The maximum atomic E-state index is 12.9. The quantitative estimate of drug-likeness (QED) is 0.699. The van der Waals surface area contributed by atoms with Crippen molar-refractivity contribution in [1.29, 1.82) is 0 Å². The van der Waals surface area contributed by atoms with E-state index >= 15 is 0 Å². The van der Waals surface area contributed by atoms with Crippen LogP contribution in [-0.2, 0) is 6.54 Å². The van der Waals surface area contributed by atoms with Crippen LogP contribution in [0.4, 0.5) is 0 Å². The molecule has 3 nitrogen and oxygen atoms in total. The standard InChI is InChI=1S/C17H15ClN2OS/c1-2-20(11-13-8-9-15(18)22-13)17(21)14-7-3-5-12-6-4-10-19-16(12)14/h3-10H,2,11H2,1H3. The van der Waals surface area contributed by atoms with Gasteiger partial charge in [-0.25, -0.2) is 0 Å². The number of fused-ring (bicyclic) bond motifs is 1. The first kappa shape index (κ1) is 15.0. The number of pyridine rings is 1. The van der Waals surface area contributed by atoms with Crippen LogP contribution in [0.5, 0.6) is 0 Å². The van der Waals surface area contributed by atoms with E-state index in [4.69, 9.17) is 11.6 Å². The lowest BCUT2D eigenvalue weighted by molar-refractivity contribution is 0.0756. The lowest BCUT2D eigenvalue weighted by atomic mass is 10.1. The van der Waals surface area contributed by atoms with E-state index in [9.17, 15) is 4.79 Å². The van der Waals surface area contributed by atoms with Crippen molar-refractivity contribution in [3.05, 3.63) is 63.4 Å². The predicted octanol–water partition coefficient (Wildman–Crippen LogP) is 4.61. The smallest absolute Gasteiger partial charge is 0.256 e. The molecular weight excluding hydrogens is 316 g/mol. The third-order valence-corrected chi connectivity index (χ3v) is 4.72. The van der Waals surface area contributed by atoms with Crippen LogP contribution in [0.1, 0.15) is 22.2 Å². The Bertz CT molecular complexity index is 810. The van der Waals surface area contributed by atoms with Crippen molar-refractivity contribution < 1.29 is 4.79 Å². The summed E-state index contributed by atoms with van der Waals surface area (Å²) in [6, 6.07) is 13.4. The Labute approximate surface area is 138 Å². The summed E-state index contributed by atoms with van der Waals surface area (Å²) in [7, 11) is 0. The number of hydrogen-bond acceptors (Lipinski definition) is 3. The van der Waals surface area contributed by atoms with E-state index in [1.807, 2.05) is 54.3 Å². The molecule has 0 fully saturated rings. The number of rotatable bonds is 4. The van der Waals surface area contributed by atoms with Gasteiger partial charge >= 0.3 is 0 Å². The van der Waals surface area contributed by atoms with Gasteiger partial charge in [0.05, 0.1) is 22.0 Å². The summed E-state index contributed by atoms with van der Waals surface area (Å²) >= 11 is 7.47. The largest absolute Gasteiger partial charge is 0.334 e. The number of para-hydroxylation sites is 1. The Hall–Kier alpha value is -1.91. The second-order valence-electron chi connectivity index (χ2n) is 4.91. The summed E-state index contributed by atoms with van der Waals surface area (Å²) in [6.45, 7) is 3.18. The molecule has 112 valence electrons. The SMILES string of the molecule is CCN(Cc1ccc(Cl)s1)C(=O)c1cccc2cccnc12. The van der Waals surface area contributed by atoms with Crippen molar-refractivity contribution in [2.45, 2.75) is 13.5 Å². The first-order valence-corrected chi connectivity index (χ1v) is 8.25. The number of halogens is 1. The molecular formula is C17H15ClN2OS. The van der Waals surface area contributed by atoms with Gasteiger partial charge < -0.3 is 4.90 Å². The Kier molecular flexibility index (Phi) is 4.41. The molecule has 0 aliphatic rings. The lowest BCUT2D eigenvalue weighted by Crippen LogP contribution is -2.30. The van der Waals surface area contributed by atoms with Gasteiger partial charge in [-0.1, -0.05) is 29.8 Å². The fraction of sp³-hybridized carbons (Fsp3) is 0.176. The highest BCUT2D eigenvalue weighted by atomic mass is 35.5. The minimum atomic E-state index is -0.00341. The highest BCUT2D eigenvalue weighted by Gasteiger charge is 2.18. The first-order chi connectivity index (χ1) is 10.7. The van der Waals surface area contributed by atoms with E-state index in [2.05, 4.69) is 4.98 Å². The van der Waals surface area contributed by atoms with Crippen LogP contribution in [0.3, 0.4) is 0 Å². The second-order valence-corrected chi connectivity index (χ2v) is 6.71. The van der Waals surface area contributed by atoms with Crippen molar-refractivity contribution in [2.75, 3.05) is 6.54 Å². The van der Waals surface area contributed by atoms with Gasteiger partial charge in [0.25, 0.3) is 5.91 Å². The number of nitrogens with zero attached hydrogens (tertiary/aromatic N) is 2. The summed E-state index contributed by atoms with van der Waals surface area (Å²) in [4.78, 5) is 20.1. The third-order valence-electron chi connectivity index (χ3n) is 3.51. The molecule has 3 rings (SSSR count). The first-order valence-electron chi connectivity index (χ1n) is 7.06. The second kappa shape index (κ2) is 6.46. The fourth-order valence-corrected chi connectivity index (χ4v) is 3.50. The molecule has 0 saturated carbocycles. The zero-order valence-corrected chi connectivity index (χ0v) is 13.7. The van der Waals surface area contributed by atoms with E-state index < -0.39 is 0 Å². The van der Waals surface area contributed by atoms with Gasteiger partial charge in [-0.15, -0.1) is 11.3 Å². The van der Waals surface area contributed by atoms with Crippen LogP contribution < -0.4 is 0 Å². The van der Waals surface area contributed by atoms with Crippen LogP contribution in [0.15, 0.2) is 48.7 Å². The minimum absolute atomic E-state index is 0.00341. The van der Waals surface area contributed by atoms with E-state index in [1.54, 1.807) is 6.20 Å². The van der Waals surface area contributed by atoms with E-state index in [-0.39, 0.29) is 5.91 Å². The Morgan fingerprint density at radius 1 is 1.23 bits per heavy atom. The lowest BCUT2D eigenvalue weighted by Gasteiger charge is -2.20.